The quantitative estimate of drug-likeness (QED) is 0.629. The lowest BCUT2D eigenvalue weighted by molar-refractivity contribution is 0.253. The first-order chi connectivity index (χ1) is 7.36. The van der Waals surface area contributed by atoms with Crippen LogP contribution < -0.4 is 10.0 Å². The van der Waals surface area contributed by atoms with Crippen LogP contribution in [0, 0.1) is 0 Å². The van der Waals surface area contributed by atoms with E-state index in [9.17, 15) is 0 Å². The second-order valence-corrected chi connectivity index (χ2v) is 6.41. The number of hydrogen-bond acceptors (Lipinski definition) is 1. The van der Waals surface area contributed by atoms with Crippen molar-refractivity contribution in [1.82, 2.24) is 0 Å². The Morgan fingerprint density at radius 2 is 1.93 bits per heavy atom. The molecule has 76 valence electrons. The van der Waals surface area contributed by atoms with Crippen molar-refractivity contribution in [3.8, 4) is 5.75 Å². The number of halogens is 1. The summed E-state index contributed by atoms with van der Waals surface area (Å²) in [5.74, 6) is 0.944. The Hall–Kier alpha value is -0.780. The zero-order chi connectivity index (χ0) is 10.3. The Bertz CT molecular complexity index is 441. The molecule has 0 saturated heterocycles. The van der Waals surface area contributed by atoms with Crippen LogP contribution in [0.2, 0.25) is 0 Å². The minimum Gasteiger partial charge on any atom is -0.485 e. The van der Waals surface area contributed by atoms with E-state index in [1.54, 1.807) is 0 Å². The van der Waals surface area contributed by atoms with Crippen LogP contribution in [-0.4, -0.2) is 11.8 Å². The summed E-state index contributed by atoms with van der Waals surface area (Å²) in [5.41, 5.74) is 0.321. The van der Waals surface area contributed by atoms with Gasteiger partial charge in [0.2, 0.25) is 0 Å². The monoisotopic (exact) mass is 236 g/mol. The third kappa shape index (κ3) is 1.51. The van der Waals surface area contributed by atoms with E-state index in [2.05, 4.69) is 24.3 Å². The normalized spacial score (nSPS) is 31.7. The van der Waals surface area contributed by atoms with E-state index in [0.29, 0.717) is 5.66 Å². The van der Waals surface area contributed by atoms with Crippen molar-refractivity contribution in [2.45, 2.75) is 11.8 Å². The molecule has 15 heavy (non-hydrogen) atoms. The van der Waals surface area contributed by atoms with Crippen molar-refractivity contribution >= 4 is 23.8 Å². The number of fused-ring (bicyclic) bond motifs is 2. The Morgan fingerprint density at radius 3 is 2.87 bits per heavy atom. The van der Waals surface area contributed by atoms with Crippen LogP contribution >= 0.6 is 18.5 Å². The average molecular weight is 237 g/mol. The number of hydrogen-bond donors (Lipinski definition) is 0. The highest BCUT2D eigenvalue weighted by atomic mass is 35.7. The minimum atomic E-state index is -0.656. The standard InChI is InChI=1S/C12H10ClOP/c13-15-11-7-3-1-5-9(11)14-10-6-2-4-8-12(10)15/h1-9,11H. The highest BCUT2D eigenvalue weighted by molar-refractivity contribution is 7.90. The average Bonchev–Trinajstić information content (AvgIpc) is 2.30. The van der Waals surface area contributed by atoms with Gasteiger partial charge in [-0.15, -0.1) is 0 Å². The molecule has 1 heterocycles. The lowest BCUT2D eigenvalue weighted by atomic mass is 10.1. The molecule has 1 nitrogen and oxygen atoms in total. The predicted molar refractivity (Wildman–Crippen MR) is 65.3 cm³/mol. The molecule has 1 aromatic carbocycles. The summed E-state index contributed by atoms with van der Waals surface area (Å²) in [6.45, 7) is 0. The van der Waals surface area contributed by atoms with Crippen LogP contribution in [0.15, 0.2) is 48.6 Å². The molecule has 0 amide bonds. The number of ether oxygens (including phenoxy) is 1. The minimum absolute atomic E-state index is 0.119. The molecule has 0 N–H and O–H groups in total. The number of rotatable bonds is 0. The van der Waals surface area contributed by atoms with E-state index in [0.717, 1.165) is 11.1 Å². The van der Waals surface area contributed by atoms with Crippen LogP contribution in [0.3, 0.4) is 0 Å². The molecule has 0 radical (unpaired) electrons. The molecule has 0 bridgehead atoms. The molecular formula is C12H10ClOP. The molecule has 1 aromatic rings. The molecule has 2 aliphatic rings. The Balaban J connectivity index is 2.07. The third-order valence-corrected chi connectivity index (χ3v) is 5.72. The van der Waals surface area contributed by atoms with Gasteiger partial charge in [0.15, 0.2) is 0 Å². The molecule has 3 heteroatoms. The van der Waals surface area contributed by atoms with Gasteiger partial charge < -0.3 is 4.74 Å². The van der Waals surface area contributed by atoms with Crippen molar-refractivity contribution in [2.24, 2.45) is 0 Å². The van der Waals surface area contributed by atoms with Crippen molar-refractivity contribution in [3.63, 3.8) is 0 Å². The number of allylic oxidation sites excluding steroid dienone is 2. The molecule has 0 saturated carbocycles. The first-order valence-electron chi connectivity index (χ1n) is 4.92. The Morgan fingerprint density at radius 1 is 1.13 bits per heavy atom. The first kappa shape index (κ1) is 9.45. The first-order valence-corrected chi connectivity index (χ1v) is 7.23. The molecule has 3 atom stereocenters. The summed E-state index contributed by atoms with van der Waals surface area (Å²) in [4.78, 5) is 0. The zero-order valence-electron chi connectivity index (χ0n) is 8.01. The van der Waals surface area contributed by atoms with Crippen LogP contribution in [0.25, 0.3) is 0 Å². The number of para-hydroxylation sites is 1. The van der Waals surface area contributed by atoms with Crippen LogP contribution in [0.4, 0.5) is 0 Å². The maximum atomic E-state index is 6.52. The zero-order valence-corrected chi connectivity index (χ0v) is 9.66. The van der Waals surface area contributed by atoms with Crippen molar-refractivity contribution < 1.29 is 4.74 Å². The van der Waals surface area contributed by atoms with Gasteiger partial charge in [0.25, 0.3) is 0 Å². The van der Waals surface area contributed by atoms with E-state index in [-0.39, 0.29) is 6.10 Å². The van der Waals surface area contributed by atoms with Gasteiger partial charge in [0.1, 0.15) is 11.9 Å². The molecule has 1 aliphatic carbocycles. The van der Waals surface area contributed by atoms with Crippen LogP contribution in [-0.2, 0) is 0 Å². The largest absolute Gasteiger partial charge is 0.485 e. The highest BCUT2D eigenvalue weighted by Gasteiger charge is 2.34. The van der Waals surface area contributed by atoms with E-state index in [4.69, 9.17) is 16.0 Å². The maximum absolute atomic E-state index is 6.52. The molecule has 3 rings (SSSR count). The van der Waals surface area contributed by atoms with Gasteiger partial charge in [-0.2, -0.15) is 0 Å². The maximum Gasteiger partial charge on any atom is 0.129 e. The predicted octanol–water partition coefficient (Wildman–Crippen LogP) is 3.20. The summed E-state index contributed by atoms with van der Waals surface area (Å²) < 4.78 is 5.90. The summed E-state index contributed by atoms with van der Waals surface area (Å²) in [6, 6.07) is 8.07. The number of benzene rings is 1. The second-order valence-electron chi connectivity index (χ2n) is 3.62. The van der Waals surface area contributed by atoms with Gasteiger partial charge in [-0.3, -0.25) is 0 Å². The van der Waals surface area contributed by atoms with Gasteiger partial charge in [0.05, 0.1) is 5.66 Å². The second kappa shape index (κ2) is 3.66. The summed E-state index contributed by atoms with van der Waals surface area (Å²) >= 11 is 6.52. The molecule has 0 aromatic heterocycles. The fraction of sp³-hybridized carbons (Fsp3) is 0.167. The van der Waals surface area contributed by atoms with Gasteiger partial charge in [0, 0.05) is 12.6 Å². The Labute approximate surface area is 94.9 Å². The molecule has 0 fully saturated rings. The third-order valence-electron chi connectivity index (χ3n) is 2.68. The van der Waals surface area contributed by atoms with E-state index in [1.807, 2.05) is 24.3 Å². The van der Waals surface area contributed by atoms with Gasteiger partial charge >= 0.3 is 0 Å². The molecule has 1 aliphatic heterocycles. The summed E-state index contributed by atoms with van der Waals surface area (Å²) in [7, 11) is -0.656. The lowest BCUT2D eigenvalue weighted by Crippen LogP contribution is -2.35. The molecular weight excluding hydrogens is 227 g/mol. The Kier molecular flexibility index (Phi) is 2.31. The van der Waals surface area contributed by atoms with Gasteiger partial charge in [-0.05, 0) is 18.2 Å². The SMILES string of the molecule is ClP1c2ccccc2OC2C=CC=CC21. The van der Waals surface area contributed by atoms with Crippen LogP contribution in [0.1, 0.15) is 0 Å². The fourth-order valence-electron chi connectivity index (χ4n) is 1.93. The fourth-order valence-corrected chi connectivity index (χ4v) is 4.43. The molecule has 0 spiro atoms. The topological polar surface area (TPSA) is 9.23 Å². The highest BCUT2D eigenvalue weighted by Crippen LogP contribution is 2.53. The lowest BCUT2D eigenvalue weighted by Gasteiger charge is -2.34. The smallest absolute Gasteiger partial charge is 0.129 e. The summed E-state index contributed by atoms with van der Waals surface area (Å²) in [5, 5.41) is 1.16. The van der Waals surface area contributed by atoms with Gasteiger partial charge in [-0.25, -0.2) is 0 Å². The van der Waals surface area contributed by atoms with Crippen molar-refractivity contribution in [2.75, 3.05) is 0 Å². The van der Waals surface area contributed by atoms with E-state index in [1.165, 1.54) is 0 Å². The van der Waals surface area contributed by atoms with E-state index >= 15 is 0 Å². The van der Waals surface area contributed by atoms with E-state index < -0.39 is 7.27 Å². The summed E-state index contributed by atoms with van der Waals surface area (Å²) in [6.07, 6.45) is 8.43. The molecule has 3 unspecified atom stereocenters. The van der Waals surface area contributed by atoms with Crippen molar-refractivity contribution in [3.05, 3.63) is 48.6 Å². The van der Waals surface area contributed by atoms with Crippen molar-refractivity contribution in [1.29, 1.82) is 0 Å². The van der Waals surface area contributed by atoms with Gasteiger partial charge in [-0.1, -0.05) is 41.6 Å². The van der Waals surface area contributed by atoms with Crippen LogP contribution in [0.5, 0.6) is 5.75 Å².